The maximum absolute atomic E-state index is 5.98. The van der Waals surface area contributed by atoms with Crippen LogP contribution >= 0.6 is 12.0 Å². The largest absolute Gasteiger partial charge is 0.370 e. The number of rotatable bonds is 2. The Bertz CT molecular complexity index is 478. The summed E-state index contributed by atoms with van der Waals surface area (Å²) in [6.07, 6.45) is 0. The molecule has 1 fully saturated rings. The van der Waals surface area contributed by atoms with Crippen molar-refractivity contribution in [3.8, 4) is 0 Å². The summed E-state index contributed by atoms with van der Waals surface area (Å²) in [5.74, 6) is 1.25. The van der Waals surface area contributed by atoms with Crippen molar-refractivity contribution < 1.29 is 4.18 Å². The van der Waals surface area contributed by atoms with E-state index in [1.165, 1.54) is 12.0 Å². The molecular formula is C14H22N4OS. The van der Waals surface area contributed by atoms with Crippen molar-refractivity contribution in [1.29, 1.82) is 0 Å². The summed E-state index contributed by atoms with van der Waals surface area (Å²) in [5.41, 5.74) is 7.88. The van der Waals surface area contributed by atoms with Gasteiger partial charge < -0.3 is 20.1 Å². The van der Waals surface area contributed by atoms with Gasteiger partial charge in [0.2, 0.25) is 0 Å². The maximum atomic E-state index is 5.98. The molecule has 0 spiro atoms. The fourth-order valence-corrected chi connectivity index (χ4v) is 2.61. The van der Waals surface area contributed by atoms with E-state index in [4.69, 9.17) is 9.92 Å². The van der Waals surface area contributed by atoms with Gasteiger partial charge in [0.1, 0.15) is 0 Å². The number of hydrogen-bond donors (Lipinski definition) is 2. The first-order valence-corrected chi connectivity index (χ1v) is 7.57. The molecule has 1 aliphatic rings. The van der Waals surface area contributed by atoms with Crippen LogP contribution in [0.5, 0.6) is 0 Å². The molecule has 2 rings (SSSR count). The van der Waals surface area contributed by atoms with Gasteiger partial charge >= 0.3 is 0 Å². The highest BCUT2D eigenvalue weighted by Gasteiger charge is 2.16. The Hall–Kier alpha value is -1.40. The van der Waals surface area contributed by atoms with Gasteiger partial charge in [-0.2, -0.15) is 0 Å². The van der Waals surface area contributed by atoms with Crippen molar-refractivity contribution >= 4 is 29.4 Å². The summed E-state index contributed by atoms with van der Waals surface area (Å²) in [7, 11) is 0. The first kappa shape index (κ1) is 15.0. The van der Waals surface area contributed by atoms with E-state index in [-0.39, 0.29) is 5.54 Å². The molecule has 1 aliphatic heterocycles. The smallest absolute Gasteiger partial charge is 0.193 e. The second kappa shape index (κ2) is 6.37. The normalized spacial score (nSPS) is 17.1. The van der Waals surface area contributed by atoms with Gasteiger partial charge in [-0.05, 0) is 32.9 Å². The number of aliphatic imine (C=N–C) groups is 1. The lowest BCUT2D eigenvalue weighted by molar-refractivity contribution is 0.367. The molecule has 0 aromatic heterocycles. The van der Waals surface area contributed by atoms with E-state index in [0.717, 1.165) is 30.4 Å². The molecule has 0 atom stereocenters. The third-order valence-electron chi connectivity index (χ3n) is 2.70. The predicted octanol–water partition coefficient (Wildman–Crippen LogP) is 2.65. The Kier molecular flexibility index (Phi) is 4.77. The van der Waals surface area contributed by atoms with Crippen molar-refractivity contribution in [1.82, 2.24) is 0 Å². The van der Waals surface area contributed by atoms with Crippen molar-refractivity contribution in [3.63, 3.8) is 0 Å². The van der Waals surface area contributed by atoms with Crippen LogP contribution in [0.4, 0.5) is 11.4 Å². The van der Waals surface area contributed by atoms with Gasteiger partial charge in [0.15, 0.2) is 5.96 Å². The molecular weight excluding hydrogens is 272 g/mol. The highest BCUT2D eigenvalue weighted by atomic mass is 32.2. The van der Waals surface area contributed by atoms with E-state index in [2.05, 4.69) is 21.3 Å². The number of hydrogen-bond acceptors (Lipinski definition) is 4. The summed E-state index contributed by atoms with van der Waals surface area (Å²) >= 11 is 1.47. The molecule has 0 saturated carbocycles. The highest BCUT2D eigenvalue weighted by Crippen LogP contribution is 2.28. The summed E-state index contributed by atoms with van der Waals surface area (Å²) in [6.45, 7) is 7.66. The van der Waals surface area contributed by atoms with Crippen molar-refractivity contribution in [3.05, 3.63) is 24.3 Å². The van der Waals surface area contributed by atoms with Gasteiger partial charge in [-0.15, -0.1) is 0 Å². The molecule has 1 saturated heterocycles. The van der Waals surface area contributed by atoms with Crippen LogP contribution in [0.15, 0.2) is 29.3 Å². The second-order valence-electron chi connectivity index (χ2n) is 5.64. The summed E-state index contributed by atoms with van der Waals surface area (Å²) in [6, 6.07) is 8.11. The third kappa shape index (κ3) is 4.31. The predicted molar refractivity (Wildman–Crippen MR) is 87.2 cm³/mol. The maximum Gasteiger partial charge on any atom is 0.193 e. The quantitative estimate of drug-likeness (QED) is 0.499. The van der Waals surface area contributed by atoms with Crippen LogP contribution in [-0.4, -0.2) is 30.5 Å². The first-order valence-electron chi connectivity index (χ1n) is 6.66. The van der Waals surface area contributed by atoms with Crippen LogP contribution in [0.25, 0.3) is 0 Å². The van der Waals surface area contributed by atoms with E-state index in [1.807, 2.05) is 39.0 Å². The third-order valence-corrected chi connectivity index (χ3v) is 3.45. The van der Waals surface area contributed by atoms with Crippen LogP contribution in [0.1, 0.15) is 20.8 Å². The Morgan fingerprint density at radius 3 is 2.80 bits per heavy atom. The first-order chi connectivity index (χ1) is 9.46. The summed E-state index contributed by atoms with van der Waals surface area (Å²) in [5, 5.41) is 3.20. The van der Waals surface area contributed by atoms with Gasteiger partial charge in [-0.1, -0.05) is 12.1 Å². The topological polar surface area (TPSA) is 62.9 Å². The summed E-state index contributed by atoms with van der Waals surface area (Å²) in [4.78, 5) is 6.69. The van der Waals surface area contributed by atoms with Crippen LogP contribution in [0.2, 0.25) is 0 Å². The van der Waals surface area contributed by atoms with Crippen LogP contribution < -0.4 is 16.0 Å². The minimum atomic E-state index is -0.194. The lowest BCUT2D eigenvalue weighted by Crippen LogP contribution is -2.33. The molecule has 0 amide bonds. The molecule has 0 aliphatic carbocycles. The van der Waals surface area contributed by atoms with Gasteiger partial charge in [0.05, 0.1) is 29.4 Å². The molecule has 20 heavy (non-hydrogen) atoms. The molecule has 110 valence electrons. The zero-order chi connectivity index (χ0) is 14.6. The Morgan fingerprint density at radius 2 is 2.15 bits per heavy atom. The Balaban J connectivity index is 2.17. The molecule has 0 bridgehead atoms. The lowest BCUT2D eigenvalue weighted by atomic mass is 10.1. The standard InChI is InChI=1S/C14H22N4OS/c1-14(2,3)17-13(15)16-11-6-4-5-7-12(11)18-8-9-19-20-10-18/h4-7H,8-10H2,1-3H3,(H3,15,16,17). The van der Waals surface area contributed by atoms with Crippen molar-refractivity contribution in [2.24, 2.45) is 10.7 Å². The highest BCUT2D eigenvalue weighted by molar-refractivity contribution is 7.94. The van der Waals surface area contributed by atoms with E-state index < -0.39 is 0 Å². The molecule has 0 radical (unpaired) electrons. The molecule has 1 heterocycles. The fourth-order valence-electron chi connectivity index (χ4n) is 1.94. The minimum Gasteiger partial charge on any atom is -0.370 e. The van der Waals surface area contributed by atoms with E-state index in [1.54, 1.807) is 0 Å². The number of nitrogens with two attached hydrogens (primary N) is 1. The molecule has 1 aromatic rings. The van der Waals surface area contributed by atoms with Gasteiger partial charge in [0.25, 0.3) is 0 Å². The SMILES string of the molecule is CC(C)(C)N=C(N)Nc1ccccc1N1CCOSC1. The van der Waals surface area contributed by atoms with Crippen LogP contribution in [0, 0.1) is 0 Å². The van der Waals surface area contributed by atoms with Crippen LogP contribution in [-0.2, 0) is 4.18 Å². The number of guanidine groups is 1. The number of benzene rings is 1. The van der Waals surface area contributed by atoms with Gasteiger partial charge in [-0.25, -0.2) is 4.99 Å². The van der Waals surface area contributed by atoms with E-state index >= 15 is 0 Å². The zero-order valence-corrected chi connectivity index (χ0v) is 13.0. The molecule has 6 heteroatoms. The average molecular weight is 294 g/mol. The molecule has 1 aromatic carbocycles. The molecule has 0 unspecified atom stereocenters. The number of anilines is 2. The van der Waals surface area contributed by atoms with E-state index in [9.17, 15) is 0 Å². The van der Waals surface area contributed by atoms with Gasteiger partial charge in [0, 0.05) is 18.6 Å². The number of nitrogens with zero attached hydrogens (tertiary/aromatic N) is 2. The molecule has 3 N–H and O–H groups in total. The summed E-state index contributed by atoms with van der Waals surface area (Å²) < 4.78 is 5.31. The second-order valence-corrected chi connectivity index (χ2v) is 6.37. The molecule has 5 nitrogen and oxygen atoms in total. The Morgan fingerprint density at radius 1 is 1.40 bits per heavy atom. The Labute approximate surface area is 124 Å². The van der Waals surface area contributed by atoms with Crippen LogP contribution in [0.3, 0.4) is 0 Å². The van der Waals surface area contributed by atoms with Crippen molar-refractivity contribution in [2.45, 2.75) is 26.3 Å². The number of para-hydroxylation sites is 2. The fraction of sp³-hybridized carbons (Fsp3) is 0.500. The lowest BCUT2D eigenvalue weighted by Gasteiger charge is -2.29. The van der Waals surface area contributed by atoms with Gasteiger partial charge in [-0.3, -0.25) is 0 Å². The average Bonchev–Trinajstić information content (AvgIpc) is 2.38. The number of nitrogens with one attached hydrogen (secondary N) is 1. The minimum absolute atomic E-state index is 0.194. The monoisotopic (exact) mass is 294 g/mol. The van der Waals surface area contributed by atoms with E-state index in [0.29, 0.717) is 5.96 Å². The van der Waals surface area contributed by atoms with Crippen molar-refractivity contribution in [2.75, 3.05) is 29.2 Å². The zero-order valence-electron chi connectivity index (χ0n) is 12.2.